The van der Waals surface area contributed by atoms with Crippen molar-refractivity contribution in [2.45, 2.75) is 38.3 Å². The van der Waals surface area contributed by atoms with Gasteiger partial charge in [0.2, 0.25) is 5.89 Å². The summed E-state index contributed by atoms with van der Waals surface area (Å²) in [5.41, 5.74) is 5.41. The maximum atomic E-state index is 5.41. The Morgan fingerprint density at radius 3 is 2.87 bits per heavy atom. The summed E-state index contributed by atoms with van der Waals surface area (Å²) in [4.78, 5) is 0. The van der Waals surface area contributed by atoms with Crippen LogP contribution in [0.5, 0.6) is 0 Å². The fourth-order valence-electron chi connectivity index (χ4n) is 2.97. The van der Waals surface area contributed by atoms with E-state index in [0.717, 1.165) is 11.8 Å². The molecule has 5 nitrogen and oxygen atoms in total. The Labute approximate surface area is 88.4 Å². The first-order valence-electron chi connectivity index (χ1n) is 5.64. The van der Waals surface area contributed by atoms with E-state index in [4.69, 9.17) is 10.2 Å². The zero-order valence-electron chi connectivity index (χ0n) is 8.65. The van der Waals surface area contributed by atoms with Crippen LogP contribution in [-0.2, 0) is 6.54 Å². The second kappa shape index (κ2) is 3.48. The third kappa shape index (κ3) is 1.61. The van der Waals surface area contributed by atoms with Gasteiger partial charge in [0.25, 0.3) is 0 Å². The number of hydrogen-bond acceptors (Lipinski definition) is 5. The summed E-state index contributed by atoms with van der Waals surface area (Å²) < 4.78 is 5.34. The van der Waals surface area contributed by atoms with Crippen LogP contribution < -0.4 is 11.1 Å². The Morgan fingerprint density at radius 2 is 2.27 bits per heavy atom. The summed E-state index contributed by atoms with van der Waals surface area (Å²) in [6.45, 7) is 0.311. The van der Waals surface area contributed by atoms with Gasteiger partial charge in [-0.2, -0.15) is 0 Å². The minimum absolute atomic E-state index is 0.311. The maximum Gasteiger partial charge on any atom is 0.315 e. The molecule has 82 valence electrons. The second-order valence-corrected chi connectivity index (χ2v) is 4.63. The lowest BCUT2D eigenvalue weighted by Gasteiger charge is -2.21. The summed E-state index contributed by atoms with van der Waals surface area (Å²) in [6, 6.07) is 1.07. The highest BCUT2D eigenvalue weighted by Crippen LogP contribution is 2.45. The third-order valence-corrected chi connectivity index (χ3v) is 3.69. The van der Waals surface area contributed by atoms with Crippen LogP contribution in [0.15, 0.2) is 4.42 Å². The molecule has 0 aliphatic heterocycles. The molecule has 2 fully saturated rings. The van der Waals surface area contributed by atoms with Crippen LogP contribution in [0.4, 0.5) is 6.01 Å². The van der Waals surface area contributed by atoms with Gasteiger partial charge >= 0.3 is 6.01 Å². The Hall–Kier alpha value is -1.10. The number of anilines is 1. The van der Waals surface area contributed by atoms with Crippen LogP contribution >= 0.6 is 0 Å². The van der Waals surface area contributed by atoms with E-state index in [1.807, 2.05) is 0 Å². The SMILES string of the molecule is NCc1nnc(NC2CC3CCC2C3)o1. The summed E-state index contributed by atoms with van der Waals surface area (Å²) in [6.07, 6.45) is 5.38. The van der Waals surface area contributed by atoms with Gasteiger partial charge in [0.1, 0.15) is 0 Å². The molecule has 2 aliphatic carbocycles. The number of hydrogen-bond donors (Lipinski definition) is 2. The van der Waals surface area contributed by atoms with Crippen molar-refractivity contribution in [1.82, 2.24) is 10.2 Å². The van der Waals surface area contributed by atoms with Crippen molar-refractivity contribution in [3.63, 3.8) is 0 Å². The molecule has 0 radical (unpaired) electrons. The molecule has 15 heavy (non-hydrogen) atoms. The molecule has 3 rings (SSSR count). The van der Waals surface area contributed by atoms with Crippen LogP contribution in [0.2, 0.25) is 0 Å². The molecule has 0 aromatic carbocycles. The molecule has 5 heteroatoms. The molecular weight excluding hydrogens is 192 g/mol. The van der Waals surface area contributed by atoms with Crippen LogP contribution in [0.1, 0.15) is 31.6 Å². The average Bonchev–Trinajstić information content (AvgIpc) is 2.92. The van der Waals surface area contributed by atoms with Crippen molar-refractivity contribution >= 4 is 6.01 Å². The smallest absolute Gasteiger partial charge is 0.315 e. The van der Waals surface area contributed by atoms with Gasteiger partial charge in [0.05, 0.1) is 6.54 Å². The minimum Gasteiger partial charge on any atom is -0.407 e. The predicted molar refractivity (Wildman–Crippen MR) is 55.0 cm³/mol. The van der Waals surface area contributed by atoms with E-state index < -0.39 is 0 Å². The molecule has 1 aromatic rings. The molecule has 3 unspecified atom stereocenters. The van der Waals surface area contributed by atoms with Crippen molar-refractivity contribution < 1.29 is 4.42 Å². The highest BCUT2D eigenvalue weighted by molar-refractivity contribution is 5.22. The van der Waals surface area contributed by atoms with Gasteiger partial charge < -0.3 is 15.5 Å². The first-order chi connectivity index (χ1) is 7.35. The van der Waals surface area contributed by atoms with Crippen LogP contribution in [-0.4, -0.2) is 16.2 Å². The van der Waals surface area contributed by atoms with E-state index in [2.05, 4.69) is 15.5 Å². The molecule has 0 saturated heterocycles. The molecule has 2 aliphatic rings. The zero-order valence-corrected chi connectivity index (χ0v) is 8.65. The number of nitrogens with one attached hydrogen (secondary N) is 1. The lowest BCUT2D eigenvalue weighted by molar-refractivity contribution is 0.422. The minimum atomic E-state index is 0.311. The Morgan fingerprint density at radius 1 is 1.33 bits per heavy atom. The molecular formula is C10H16N4O. The van der Waals surface area contributed by atoms with Gasteiger partial charge in [-0.3, -0.25) is 0 Å². The highest BCUT2D eigenvalue weighted by atomic mass is 16.4. The topological polar surface area (TPSA) is 77.0 Å². The van der Waals surface area contributed by atoms with Crippen molar-refractivity contribution in [2.75, 3.05) is 5.32 Å². The predicted octanol–water partition coefficient (Wildman–Crippen LogP) is 1.13. The van der Waals surface area contributed by atoms with Gasteiger partial charge in [0, 0.05) is 6.04 Å². The molecule has 0 amide bonds. The van der Waals surface area contributed by atoms with E-state index >= 15 is 0 Å². The highest BCUT2D eigenvalue weighted by Gasteiger charge is 2.39. The summed E-state index contributed by atoms with van der Waals surface area (Å²) in [7, 11) is 0. The number of aromatic nitrogens is 2. The van der Waals surface area contributed by atoms with Crippen LogP contribution in [0, 0.1) is 11.8 Å². The largest absolute Gasteiger partial charge is 0.407 e. The van der Waals surface area contributed by atoms with E-state index in [-0.39, 0.29) is 0 Å². The first kappa shape index (κ1) is 9.15. The fourth-order valence-corrected chi connectivity index (χ4v) is 2.97. The molecule has 0 spiro atoms. The van der Waals surface area contributed by atoms with Gasteiger partial charge in [-0.1, -0.05) is 11.5 Å². The van der Waals surface area contributed by atoms with Crippen molar-refractivity contribution in [3.8, 4) is 0 Å². The van der Waals surface area contributed by atoms with Crippen molar-refractivity contribution in [1.29, 1.82) is 0 Å². The monoisotopic (exact) mass is 208 g/mol. The van der Waals surface area contributed by atoms with Crippen LogP contribution in [0.25, 0.3) is 0 Å². The summed E-state index contributed by atoms with van der Waals surface area (Å²) in [5, 5.41) is 11.1. The Kier molecular flexibility index (Phi) is 2.12. The number of rotatable bonds is 3. The van der Waals surface area contributed by atoms with E-state index in [9.17, 15) is 0 Å². The quantitative estimate of drug-likeness (QED) is 0.778. The van der Waals surface area contributed by atoms with Crippen molar-refractivity contribution in [3.05, 3.63) is 5.89 Å². The Bertz CT molecular complexity index is 351. The standard InChI is InChI=1S/C10H16N4O/c11-5-9-13-14-10(15-9)12-8-4-6-1-2-7(8)3-6/h6-8H,1-5,11H2,(H,12,14). The number of nitrogens with zero attached hydrogens (tertiary/aromatic N) is 2. The molecule has 1 aromatic heterocycles. The van der Waals surface area contributed by atoms with Gasteiger partial charge in [-0.15, -0.1) is 5.10 Å². The fraction of sp³-hybridized carbons (Fsp3) is 0.800. The van der Waals surface area contributed by atoms with Gasteiger partial charge in [0.15, 0.2) is 0 Å². The third-order valence-electron chi connectivity index (χ3n) is 3.69. The summed E-state index contributed by atoms with van der Waals surface area (Å²) in [5.74, 6) is 2.23. The van der Waals surface area contributed by atoms with Crippen LogP contribution in [0.3, 0.4) is 0 Å². The summed E-state index contributed by atoms with van der Waals surface area (Å²) >= 11 is 0. The van der Waals surface area contributed by atoms with Crippen molar-refractivity contribution in [2.24, 2.45) is 17.6 Å². The number of fused-ring (bicyclic) bond motifs is 2. The van der Waals surface area contributed by atoms with E-state index in [1.165, 1.54) is 25.7 Å². The molecule has 3 atom stereocenters. The molecule has 2 saturated carbocycles. The Balaban J connectivity index is 1.65. The zero-order chi connectivity index (χ0) is 10.3. The van der Waals surface area contributed by atoms with E-state index in [0.29, 0.717) is 24.5 Å². The molecule has 1 heterocycles. The lowest BCUT2D eigenvalue weighted by Crippen LogP contribution is -2.25. The van der Waals surface area contributed by atoms with E-state index in [1.54, 1.807) is 0 Å². The van der Waals surface area contributed by atoms with Gasteiger partial charge in [-0.25, -0.2) is 0 Å². The molecule has 2 bridgehead atoms. The first-order valence-corrected chi connectivity index (χ1v) is 5.64. The maximum absolute atomic E-state index is 5.41. The lowest BCUT2D eigenvalue weighted by atomic mass is 9.96. The molecule has 3 N–H and O–H groups in total. The normalized spacial score (nSPS) is 33.5. The van der Waals surface area contributed by atoms with Gasteiger partial charge in [-0.05, 0) is 31.1 Å². The average molecular weight is 208 g/mol. The number of nitrogens with two attached hydrogens (primary N) is 1. The second-order valence-electron chi connectivity index (χ2n) is 4.63.